The van der Waals surface area contributed by atoms with Crippen molar-refractivity contribution >= 4 is 29.0 Å². The molecule has 0 bridgehead atoms. The van der Waals surface area contributed by atoms with Gasteiger partial charge in [0.2, 0.25) is 5.28 Å². The van der Waals surface area contributed by atoms with Crippen LogP contribution < -0.4 is 4.90 Å². The molecule has 88 valence electrons. The van der Waals surface area contributed by atoms with Gasteiger partial charge in [-0.1, -0.05) is 18.5 Å². The minimum absolute atomic E-state index is 0.0816. The highest BCUT2D eigenvalue weighted by Crippen LogP contribution is 2.26. The number of rotatable bonds is 1. The SMILES string of the molecule is CC1CN(c2nc(Cl)nnc2Cl)CCC1O. The van der Waals surface area contributed by atoms with Crippen LogP contribution in [0.25, 0.3) is 0 Å². The molecule has 2 rings (SSSR count). The molecule has 5 nitrogen and oxygen atoms in total. The van der Waals surface area contributed by atoms with Gasteiger partial charge in [-0.3, -0.25) is 0 Å². The van der Waals surface area contributed by atoms with E-state index in [9.17, 15) is 5.11 Å². The Morgan fingerprint density at radius 2 is 2.12 bits per heavy atom. The van der Waals surface area contributed by atoms with Crippen molar-refractivity contribution in [3.63, 3.8) is 0 Å². The monoisotopic (exact) mass is 262 g/mol. The van der Waals surface area contributed by atoms with Crippen molar-refractivity contribution in [1.29, 1.82) is 0 Å². The molecule has 1 saturated heterocycles. The summed E-state index contributed by atoms with van der Waals surface area (Å²) in [5.74, 6) is 0.721. The van der Waals surface area contributed by atoms with Gasteiger partial charge in [0.15, 0.2) is 11.0 Å². The number of aliphatic hydroxyl groups excluding tert-OH is 1. The Hall–Kier alpha value is -0.650. The third-order valence-corrected chi connectivity index (χ3v) is 3.17. The molecule has 1 N–H and O–H groups in total. The first-order valence-corrected chi connectivity index (χ1v) is 5.82. The lowest BCUT2D eigenvalue weighted by molar-refractivity contribution is 0.0968. The number of piperidine rings is 1. The average Bonchev–Trinajstić information content (AvgIpc) is 2.26. The normalized spacial score (nSPS) is 25.9. The highest BCUT2D eigenvalue weighted by molar-refractivity contribution is 6.32. The van der Waals surface area contributed by atoms with E-state index < -0.39 is 0 Å². The van der Waals surface area contributed by atoms with Crippen LogP contribution in [-0.4, -0.2) is 39.5 Å². The van der Waals surface area contributed by atoms with Crippen molar-refractivity contribution in [3.05, 3.63) is 10.4 Å². The molecule has 0 radical (unpaired) electrons. The van der Waals surface area contributed by atoms with E-state index >= 15 is 0 Å². The highest BCUT2D eigenvalue weighted by atomic mass is 35.5. The zero-order chi connectivity index (χ0) is 11.7. The molecule has 1 aromatic rings. The molecule has 2 heterocycles. The molecule has 1 aromatic heterocycles. The van der Waals surface area contributed by atoms with Gasteiger partial charge in [-0.25, -0.2) is 0 Å². The summed E-state index contributed by atoms with van der Waals surface area (Å²) in [5, 5.41) is 17.2. The van der Waals surface area contributed by atoms with Crippen molar-refractivity contribution in [2.24, 2.45) is 5.92 Å². The van der Waals surface area contributed by atoms with Gasteiger partial charge < -0.3 is 10.0 Å². The van der Waals surface area contributed by atoms with Crippen molar-refractivity contribution < 1.29 is 5.11 Å². The smallest absolute Gasteiger partial charge is 0.245 e. The second kappa shape index (κ2) is 4.69. The van der Waals surface area contributed by atoms with E-state index in [1.807, 2.05) is 11.8 Å². The summed E-state index contributed by atoms with van der Waals surface area (Å²) in [4.78, 5) is 6.03. The van der Waals surface area contributed by atoms with Gasteiger partial charge in [0.1, 0.15) is 0 Å². The zero-order valence-electron chi connectivity index (χ0n) is 8.77. The molecule has 0 spiro atoms. The molecule has 0 aliphatic carbocycles. The average molecular weight is 263 g/mol. The fourth-order valence-electron chi connectivity index (χ4n) is 1.81. The van der Waals surface area contributed by atoms with Crippen LogP contribution in [-0.2, 0) is 0 Å². The first-order valence-electron chi connectivity index (χ1n) is 5.06. The Morgan fingerprint density at radius 1 is 1.38 bits per heavy atom. The van der Waals surface area contributed by atoms with Gasteiger partial charge in [0.25, 0.3) is 0 Å². The summed E-state index contributed by atoms with van der Waals surface area (Å²) >= 11 is 11.6. The Bertz CT molecular complexity index is 390. The number of aromatic nitrogens is 3. The Labute approximate surface area is 103 Å². The third kappa shape index (κ3) is 2.36. The lowest BCUT2D eigenvalue weighted by atomic mass is 9.97. The maximum Gasteiger partial charge on any atom is 0.245 e. The lowest BCUT2D eigenvalue weighted by Gasteiger charge is -2.35. The standard InChI is InChI=1S/C9H12Cl2N4O/c1-5-4-15(3-2-6(5)16)8-7(10)13-14-9(11)12-8/h5-6,16H,2-4H2,1H3. The molecule has 0 saturated carbocycles. The Morgan fingerprint density at radius 3 is 2.81 bits per heavy atom. The summed E-state index contributed by atoms with van der Waals surface area (Å²) in [6, 6.07) is 0. The number of anilines is 1. The van der Waals surface area contributed by atoms with Crippen LogP contribution in [0, 0.1) is 5.92 Å². The molecule has 2 atom stereocenters. The lowest BCUT2D eigenvalue weighted by Crippen LogP contribution is -2.42. The fraction of sp³-hybridized carbons (Fsp3) is 0.667. The van der Waals surface area contributed by atoms with E-state index in [1.165, 1.54) is 0 Å². The molecular formula is C9H12Cl2N4O. The highest BCUT2D eigenvalue weighted by Gasteiger charge is 2.26. The van der Waals surface area contributed by atoms with Gasteiger partial charge >= 0.3 is 0 Å². The minimum Gasteiger partial charge on any atom is -0.393 e. The van der Waals surface area contributed by atoms with E-state index in [2.05, 4.69) is 15.2 Å². The third-order valence-electron chi connectivity index (χ3n) is 2.76. The molecule has 1 fully saturated rings. The molecule has 2 unspecified atom stereocenters. The summed E-state index contributed by atoms with van der Waals surface area (Å²) in [5.41, 5.74) is 0. The van der Waals surface area contributed by atoms with E-state index in [4.69, 9.17) is 23.2 Å². The summed E-state index contributed by atoms with van der Waals surface area (Å²) in [7, 11) is 0. The van der Waals surface area contributed by atoms with E-state index in [0.717, 1.165) is 0 Å². The minimum atomic E-state index is -0.264. The number of aliphatic hydroxyl groups is 1. The van der Waals surface area contributed by atoms with E-state index in [0.29, 0.717) is 25.3 Å². The van der Waals surface area contributed by atoms with Gasteiger partial charge in [-0.15, -0.1) is 10.2 Å². The van der Waals surface area contributed by atoms with Gasteiger partial charge in [0.05, 0.1) is 6.10 Å². The largest absolute Gasteiger partial charge is 0.393 e. The van der Waals surface area contributed by atoms with E-state index in [1.54, 1.807) is 0 Å². The second-order valence-electron chi connectivity index (χ2n) is 3.97. The van der Waals surface area contributed by atoms with Crippen molar-refractivity contribution in [3.8, 4) is 0 Å². The second-order valence-corrected chi connectivity index (χ2v) is 4.67. The summed E-state index contributed by atoms with van der Waals surface area (Å²) < 4.78 is 0. The summed E-state index contributed by atoms with van der Waals surface area (Å²) in [6.45, 7) is 3.37. The summed E-state index contributed by atoms with van der Waals surface area (Å²) in [6.07, 6.45) is 0.430. The topological polar surface area (TPSA) is 62.1 Å². The first-order chi connectivity index (χ1) is 7.58. The Balaban J connectivity index is 2.21. The van der Waals surface area contributed by atoms with Crippen LogP contribution >= 0.6 is 23.2 Å². The predicted molar refractivity (Wildman–Crippen MR) is 61.8 cm³/mol. The molecular weight excluding hydrogens is 251 g/mol. The quantitative estimate of drug-likeness (QED) is 0.829. The molecule has 0 aromatic carbocycles. The van der Waals surface area contributed by atoms with Crippen molar-refractivity contribution in [2.75, 3.05) is 18.0 Å². The van der Waals surface area contributed by atoms with Crippen molar-refractivity contribution in [2.45, 2.75) is 19.4 Å². The van der Waals surface area contributed by atoms with Crippen LogP contribution in [0.3, 0.4) is 0 Å². The molecule has 1 aliphatic rings. The van der Waals surface area contributed by atoms with E-state index in [-0.39, 0.29) is 22.5 Å². The molecule has 16 heavy (non-hydrogen) atoms. The van der Waals surface area contributed by atoms with Crippen LogP contribution in [0.1, 0.15) is 13.3 Å². The maximum absolute atomic E-state index is 9.63. The van der Waals surface area contributed by atoms with Gasteiger partial charge in [-0.05, 0) is 23.9 Å². The van der Waals surface area contributed by atoms with Crippen molar-refractivity contribution in [1.82, 2.24) is 15.2 Å². The first kappa shape index (κ1) is 11.8. The van der Waals surface area contributed by atoms with Gasteiger partial charge in [-0.2, -0.15) is 4.98 Å². The number of hydrogen-bond acceptors (Lipinski definition) is 5. The maximum atomic E-state index is 9.63. The van der Waals surface area contributed by atoms with Gasteiger partial charge in [0, 0.05) is 13.1 Å². The predicted octanol–water partition coefficient (Wildman–Crippen LogP) is 1.39. The number of halogens is 2. The molecule has 7 heteroatoms. The zero-order valence-corrected chi connectivity index (χ0v) is 10.3. The van der Waals surface area contributed by atoms with Crippen LogP contribution in [0.15, 0.2) is 0 Å². The Kier molecular flexibility index (Phi) is 3.47. The number of nitrogens with zero attached hydrogens (tertiary/aromatic N) is 4. The van der Waals surface area contributed by atoms with Crippen LogP contribution in [0.2, 0.25) is 10.4 Å². The van der Waals surface area contributed by atoms with Crippen LogP contribution in [0.5, 0.6) is 0 Å². The number of hydrogen-bond donors (Lipinski definition) is 1. The molecule has 1 aliphatic heterocycles. The fourth-order valence-corrected chi connectivity index (χ4v) is 2.13. The van der Waals surface area contributed by atoms with Crippen LogP contribution in [0.4, 0.5) is 5.82 Å². The molecule has 0 amide bonds.